The van der Waals surface area contributed by atoms with Gasteiger partial charge in [-0.2, -0.15) is 0 Å². The first-order valence-electron chi connectivity index (χ1n) is 19.6. The third kappa shape index (κ3) is 5.17. The Kier molecular flexibility index (Phi) is 8.43. The van der Waals surface area contributed by atoms with Gasteiger partial charge in [0.2, 0.25) is 0 Å². The maximum Gasteiger partial charge on any atom is 0.113 e. The van der Waals surface area contributed by atoms with E-state index < -0.39 is 5.41 Å². The third-order valence-corrected chi connectivity index (χ3v) is 12.6. The molecule has 0 atom stereocenters. The summed E-state index contributed by atoms with van der Waals surface area (Å²) in [6.07, 6.45) is 0. The average molecular weight is 727 g/mol. The number of anilines is 3. The van der Waals surface area contributed by atoms with Crippen LogP contribution in [0.3, 0.4) is 0 Å². The number of hydrogen-bond acceptors (Lipinski definition) is 1. The topological polar surface area (TPSA) is 3.24 Å². The molecule has 10 rings (SSSR count). The van der Waals surface area contributed by atoms with Crippen LogP contribution in [0.2, 0.25) is 0 Å². The van der Waals surface area contributed by atoms with Gasteiger partial charge in [-0.25, -0.2) is 0 Å². The predicted octanol–water partition coefficient (Wildman–Crippen LogP) is 7.46. The number of fused-ring (bicyclic) bond motifs is 6. The molecule has 6 heteroatoms. The zero-order chi connectivity index (χ0) is 39.9. The van der Waals surface area contributed by atoms with Crippen LogP contribution in [0.15, 0.2) is 170 Å². The Labute approximate surface area is 348 Å². The first kappa shape index (κ1) is 36.2. The van der Waals surface area contributed by atoms with E-state index in [1.807, 2.05) is 12.1 Å². The first-order chi connectivity index (χ1) is 28.1. The lowest BCUT2D eigenvalue weighted by Gasteiger charge is -2.35. The Bertz CT molecular complexity index is 2860. The molecule has 0 N–H and O–H groups in total. The molecule has 0 bridgehead atoms. The molecule has 0 unspecified atom stereocenters. The van der Waals surface area contributed by atoms with Crippen molar-refractivity contribution in [3.05, 3.63) is 203 Å². The summed E-state index contributed by atoms with van der Waals surface area (Å²) in [5.41, 5.74) is 17.6. The lowest BCUT2D eigenvalue weighted by molar-refractivity contribution is 0.660. The fourth-order valence-electron chi connectivity index (χ4n) is 9.81. The minimum atomic E-state index is -0.550. The highest BCUT2D eigenvalue weighted by molar-refractivity contribution is 6.68. The van der Waals surface area contributed by atoms with Gasteiger partial charge in [-0.3, -0.25) is 0 Å². The van der Waals surface area contributed by atoms with E-state index in [1.54, 1.807) is 0 Å². The van der Waals surface area contributed by atoms with Crippen molar-refractivity contribution in [2.24, 2.45) is 0 Å². The second kappa shape index (κ2) is 13.5. The normalized spacial score (nSPS) is 14.0. The number of benzene rings is 8. The molecule has 0 spiro atoms. The van der Waals surface area contributed by atoms with Crippen LogP contribution in [0.1, 0.15) is 47.2 Å². The molecule has 2 aliphatic rings. The van der Waals surface area contributed by atoms with Gasteiger partial charge in [0.15, 0.2) is 0 Å². The molecule has 8 aromatic carbocycles. The standard InChI is InChI=1S/C52H34B5N/c1-51(2)41-20-9-6-17-37(41)40-28-27-36(30-44(40)51)58(34-25-23-31(24-26-34)45-46(53)48(55)50(57)49(56)47(45)54)35-16-12-15-33(29-35)52(32-13-4-3-5-14-32)42-21-10-7-18-38(42)39-19-8-11-22-43(39)52/h3-30H,1-2H3. The van der Waals surface area contributed by atoms with Crippen LogP contribution in [0.4, 0.5) is 17.1 Å². The molecule has 0 aromatic heterocycles. The fraction of sp³-hybridized carbons (Fsp3) is 0.0769. The number of nitrogens with zero attached hydrogens (tertiary/aromatic N) is 1. The van der Waals surface area contributed by atoms with Gasteiger partial charge in [-0.05, 0) is 103 Å². The van der Waals surface area contributed by atoms with Crippen LogP contribution in [0.25, 0.3) is 33.4 Å². The molecule has 0 amide bonds. The Morgan fingerprint density at radius 1 is 0.362 bits per heavy atom. The number of hydrogen-bond donors (Lipinski definition) is 0. The molecule has 1 nitrogen and oxygen atoms in total. The Morgan fingerprint density at radius 2 is 0.828 bits per heavy atom. The van der Waals surface area contributed by atoms with Gasteiger partial charge >= 0.3 is 0 Å². The third-order valence-electron chi connectivity index (χ3n) is 12.6. The quantitative estimate of drug-likeness (QED) is 0.161. The molecule has 0 heterocycles. The van der Waals surface area contributed by atoms with E-state index in [1.165, 1.54) is 55.6 Å². The van der Waals surface area contributed by atoms with Crippen molar-refractivity contribution in [1.82, 2.24) is 0 Å². The van der Waals surface area contributed by atoms with Crippen LogP contribution in [-0.4, -0.2) is 39.2 Å². The van der Waals surface area contributed by atoms with Gasteiger partial charge in [0, 0.05) is 22.5 Å². The predicted molar refractivity (Wildman–Crippen MR) is 248 cm³/mol. The van der Waals surface area contributed by atoms with Crippen LogP contribution in [0, 0.1) is 0 Å². The molecule has 0 saturated heterocycles. The van der Waals surface area contributed by atoms with Gasteiger partial charge in [0.1, 0.15) is 39.2 Å². The summed E-state index contributed by atoms with van der Waals surface area (Å²) in [4.78, 5) is 2.34. The minimum absolute atomic E-state index is 0.183. The Balaban J connectivity index is 1.20. The minimum Gasteiger partial charge on any atom is -0.310 e. The van der Waals surface area contributed by atoms with E-state index in [4.69, 9.17) is 39.2 Å². The summed E-state index contributed by atoms with van der Waals surface area (Å²) in [7, 11) is 31.8. The summed E-state index contributed by atoms with van der Waals surface area (Å²) in [6, 6.07) is 61.5. The lowest BCUT2D eigenvalue weighted by Crippen LogP contribution is -2.55. The zero-order valence-electron chi connectivity index (χ0n) is 32.5. The molecule has 10 radical (unpaired) electrons. The summed E-state index contributed by atoms with van der Waals surface area (Å²) in [5, 5.41) is 0. The van der Waals surface area contributed by atoms with E-state index >= 15 is 0 Å². The van der Waals surface area contributed by atoms with Gasteiger partial charge in [-0.15, -0.1) is 16.4 Å². The Hall–Kier alpha value is -6.12. The molecule has 0 aliphatic heterocycles. The van der Waals surface area contributed by atoms with Crippen LogP contribution in [-0.2, 0) is 10.8 Å². The monoisotopic (exact) mass is 727 g/mol. The van der Waals surface area contributed by atoms with E-state index in [0.717, 1.165) is 22.6 Å². The maximum absolute atomic E-state index is 6.53. The molecule has 8 aromatic rings. The van der Waals surface area contributed by atoms with Crippen molar-refractivity contribution in [3.8, 4) is 33.4 Å². The van der Waals surface area contributed by atoms with Crippen LogP contribution >= 0.6 is 0 Å². The first-order valence-corrected chi connectivity index (χ1v) is 19.6. The van der Waals surface area contributed by atoms with Gasteiger partial charge in [0.25, 0.3) is 0 Å². The van der Waals surface area contributed by atoms with Crippen LogP contribution < -0.4 is 32.2 Å². The van der Waals surface area contributed by atoms with Gasteiger partial charge < -0.3 is 4.90 Å². The van der Waals surface area contributed by atoms with Crippen molar-refractivity contribution >= 4 is 83.6 Å². The van der Waals surface area contributed by atoms with Crippen molar-refractivity contribution in [3.63, 3.8) is 0 Å². The molecule has 2 aliphatic carbocycles. The highest BCUT2D eigenvalue weighted by Crippen LogP contribution is 2.57. The summed E-state index contributed by atoms with van der Waals surface area (Å²) < 4.78 is 0. The summed E-state index contributed by atoms with van der Waals surface area (Å²) >= 11 is 0. The van der Waals surface area contributed by atoms with Crippen molar-refractivity contribution < 1.29 is 0 Å². The lowest BCUT2D eigenvalue weighted by atomic mass is 9.60. The molecular weight excluding hydrogens is 693 g/mol. The smallest absolute Gasteiger partial charge is 0.113 e. The van der Waals surface area contributed by atoms with E-state index in [0.29, 0.717) is 16.5 Å². The maximum atomic E-state index is 6.53. The molecule has 0 saturated carbocycles. The van der Waals surface area contributed by atoms with Crippen molar-refractivity contribution in [2.75, 3.05) is 4.90 Å². The Morgan fingerprint density at radius 3 is 1.45 bits per heavy atom. The fourth-order valence-corrected chi connectivity index (χ4v) is 9.81. The SMILES string of the molecule is [B]c1c([B])c([B])c(-c2ccc(N(c3cccc(C4(c5ccccc5)c5ccccc5-c5ccccc54)c3)c3ccc4c(c3)C(C)(C)c3ccccc3-4)cc2)c([B])c1[B]. The second-order valence-electron chi connectivity index (χ2n) is 16.0. The highest BCUT2D eigenvalue weighted by Gasteiger charge is 2.46. The van der Waals surface area contributed by atoms with E-state index in [-0.39, 0.29) is 21.8 Å². The van der Waals surface area contributed by atoms with Crippen molar-refractivity contribution in [2.45, 2.75) is 24.7 Å². The van der Waals surface area contributed by atoms with Crippen LogP contribution in [0.5, 0.6) is 0 Å². The zero-order valence-corrected chi connectivity index (χ0v) is 32.5. The average Bonchev–Trinajstić information content (AvgIpc) is 3.69. The number of rotatable bonds is 6. The highest BCUT2D eigenvalue weighted by atomic mass is 15.1. The largest absolute Gasteiger partial charge is 0.310 e. The summed E-state index contributed by atoms with van der Waals surface area (Å²) in [5.74, 6) is 0. The molecule has 0 fully saturated rings. The van der Waals surface area contributed by atoms with Crippen molar-refractivity contribution in [1.29, 1.82) is 0 Å². The second-order valence-corrected chi connectivity index (χ2v) is 16.0. The summed E-state index contributed by atoms with van der Waals surface area (Å²) in [6.45, 7) is 4.64. The van der Waals surface area contributed by atoms with E-state index in [2.05, 4.69) is 176 Å². The van der Waals surface area contributed by atoms with Gasteiger partial charge in [0.05, 0.1) is 5.41 Å². The molecular formula is C52H34B5N. The van der Waals surface area contributed by atoms with E-state index in [9.17, 15) is 0 Å². The molecule has 58 heavy (non-hydrogen) atoms. The van der Waals surface area contributed by atoms with Gasteiger partial charge in [-0.1, -0.05) is 158 Å². The molecule has 262 valence electrons.